The molecular formula is C14H22O3S2. The van der Waals surface area contributed by atoms with Crippen LogP contribution >= 0.6 is 12.6 Å². The summed E-state index contributed by atoms with van der Waals surface area (Å²) in [6, 6.07) is 6.63. The van der Waals surface area contributed by atoms with Gasteiger partial charge in [0.15, 0.2) is 9.84 Å². The Morgan fingerprint density at radius 3 is 2.37 bits per heavy atom. The van der Waals surface area contributed by atoms with Crippen molar-refractivity contribution in [3.63, 3.8) is 0 Å². The highest BCUT2D eigenvalue weighted by Gasteiger charge is 2.25. The van der Waals surface area contributed by atoms with Gasteiger partial charge in [-0.1, -0.05) is 19.9 Å². The van der Waals surface area contributed by atoms with Crippen LogP contribution in [-0.2, 0) is 9.84 Å². The van der Waals surface area contributed by atoms with Crippen molar-refractivity contribution in [1.29, 1.82) is 0 Å². The van der Waals surface area contributed by atoms with Crippen LogP contribution in [0.1, 0.15) is 26.7 Å². The molecule has 0 atom stereocenters. The summed E-state index contributed by atoms with van der Waals surface area (Å²) < 4.78 is 28.7. The van der Waals surface area contributed by atoms with Gasteiger partial charge in [0.1, 0.15) is 5.75 Å². The lowest BCUT2D eigenvalue weighted by molar-refractivity contribution is 0.157. The molecule has 108 valence electrons. The maximum atomic E-state index is 11.5. The third-order valence-corrected chi connectivity index (χ3v) is 5.40. The van der Waals surface area contributed by atoms with E-state index in [-0.39, 0.29) is 10.3 Å². The zero-order chi connectivity index (χ0) is 14.5. The number of hydrogen-bond acceptors (Lipinski definition) is 4. The van der Waals surface area contributed by atoms with Crippen LogP contribution in [0.4, 0.5) is 0 Å². The molecule has 0 amide bonds. The molecule has 0 bridgehead atoms. The molecular weight excluding hydrogens is 280 g/mol. The molecule has 0 heterocycles. The lowest BCUT2D eigenvalue weighted by Crippen LogP contribution is -2.29. The lowest BCUT2D eigenvalue weighted by Gasteiger charge is -2.29. The highest BCUT2D eigenvalue weighted by Crippen LogP contribution is 2.29. The quantitative estimate of drug-likeness (QED) is 0.787. The van der Waals surface area contributed by atoms with E-state index in [2.05, 4.69) is 26.5 Å². The first-order valence-corrected chi connectivity index (χ1v) is 8.93. The predicted octanol–water partition coefficient (Wildman–Crippen LogP) is 3.21. The molecule has 0 aliphatic heterocycles. The number of ether oxygens (including phenoxy) is 1. The molecule has 0 aromatic heterocycles. The molecule has 0 N–H and O–H groups in total. The van der Waals surface area contributed by atoms with Crippen LogP contribution in [0.25, 0.3) is 0 Å². The number of benzene rings is 1. The van der Waals surface area contributed by atoms with Gasteiger partial charge in [0, 0.05) is 11.7 Å². The first kappa shape index (κ1) is 16.4. The normalized spacial score (nSPS) is 12.4. The van der Waals surface area contributed by atoms with Gasteiger partial charge in [-0.15, -0.1) is 0 Å². The summed E-state index contributed by atoms with van der Waals surface area (Å²) in [5.74, 6) is 1.35. The largest absolute Gasteiger partial charge is 0.493 e. The minimum absolute atomic E-state index is 0.0458. The maximum Gasteiger partial charge on any atom is 0.175 e. The summed E-state index contributed by atoms with van der Waals surface area (Å²) in [7, 11) is -3.19. The Morgan fingerprint density at radius 1 is 1.26 bits per heavy atom. The van der Waals surface area contributed by atoms with Gasteiger partial charge in [0.05, 0.1) is 11.5 Å². The van der Waals surface area contributed by atoms with Crippen molar-refractivity contribution in [2.45, 2.75) is 31.6 Å². The minimum Gasteiger partial charge on any atom is -0.493 e. The van der Waals surface area contributed by atoms with E-state index < -0.39 is 9.84 Å². The highest BCUT2D eigenvalue weighted by atomic mass is 32.2. The monoisotopic (exact) mass is 302 g/mol. The van der Waals surface area contributed by atoms with Gasteiger partial charge >= 0.3 is 0 Å². The Balaban J connectivity index is 2.84. The molecule has 0 spiro atoms. The summed E-state index contributed by atoms with van der Waals surface area (Å²) in [4.78, 5) is 0.287. The molecule has 0 radical (unpaired) electrons. The van der Waals surface area contributed by atoms with Crippen molar-refractivity contribution in [2.75, 3.05) is 18.6 Å². The van der Waals surface area contributed by atoms with Gasteiger partial charge in [0.25, 0.3) is 0 Å². The maximum absolute atomic E-state index is 11.5. The molecule has 1 aromatic carbocycles. The van der Waals surface area contributed by atoms with Gasteiger partial charge < -0.3 is 4.74 Å². The highest BCUT2D eigenvalue weighted by molar-refractivity contribution is 7.90. The van der Waals surface area contributed by atoms with Crippen molar-refractivity contribution in [3.8, 4) is 5.75 Å². The van der Waals surface area contributed by atoms with E-state index >= 15 is 0 Å². The molecule has 3 nitrogen and oxygen atoms in total. The Morgan fingerprint density at radius 2 is 1.89 bits per heavy atom. The van der Waals surface area contributed by atoms with Gasteiger partial charge in [-0.25, -0.2) is 8.42 Å². The molecule has 1 rings (SSSR count). The van der Waals surface area contributed by atoms with Gasteiger partial charge in [0.2, 0.25) is 0 Å². The SMILES string of the molecule is CCC(CC)(CS)COc1cccc(S(C)(=O)=O)c1. The molecule has 0 aliphatic carbocycles. The van der Waals surface area contributed by atoms with E-state index in [4.69, 9.17) is 4.74 Å². The van der Waals surface area contributed by atoms with Crippen LogP contribution in [-0.4, -0.2) is 27.0 Å². The zero-order valence-corrected chi connectivity index (χ0v) is 13.4. The second-order valence-corrected chi connectivity index (χ2v) is 7.23. The third kappa shape index (κ3) is 4.42. The Bertz CT molecular complexity index is 497. The summed E-state index contributed by atoms with van der Waals surface area (Å²) in [6.45, 7) is 4.79. The summed E-state index contributed by atoms with van der Waals surface area (Å²) >= 11 is 4.40. The summed E-state index contributed by atoms with van der Waals surface area (Å²) in [5.41, 5.74) is 0.0458. The van der Waals surface area contributed by atoms with Crippen LogP contribution in [0.3, 0.4) is 0 Å². The number of sulfone groups is 1. The van der Waals surface area contributed by atoms with E-state index in [1.807, 2.05) is 0 Å². The topological polar surface area (TPSA) is 43.4 Å². The van der Waals surface area contributed by atoms with E-state index in [1.165, 1.54) is 6.26 Å². The van der Waals surface area contributed by atoms with Crippen LogP contribution in [0.5, 0.6) is 5.75 Å². The fourth-order valence-corrected chi connectivity index (χ4v) is 2.95. The third-order valence-electron chi connectivity index (χ3n) is 3.61. The van der Waals surface area contributed by atoms with Gasteiger partial charge in [-0.3, -0.25) is 0 Å². The molecule has 19 heavy (non-hydrogen) atoms. The average Bonchev–Trinajstić information content (AvgIpc) is 2.40. The molecule has 0 fully saturated rings. The van der Waals surface area contributed by atoms with Gasteiger partial charge in [-0.05, 0) is 36.8 Å². The molecule has 0 unspecified atom stereocenters. The van der Waals surface area contributed by atoms with E-state index in [0.29, 0.717) is 12.4 Å². The Kier molecular flexibility index (Phi) is 5.74. The average molecular weight is 302 g/mol. The zero-order valence-electron chi connectivity index (χ0n) is 11.7. The van der Waals surface area contributed by atoms with E-state index in [1.54, 1.807) is 24.3 Å². The molecule has 1 aromatic rings. The molecule has 0 saturated heterocycles. The number of rotatable bonds is 7. The summed E-state index contributed by atoms with van der Waals surface area (Å²) in [6.07, 6.45) is 3.17. The number of thiol groups is 1. The van der Waals surface area contributed by atoms with Crippen LogP contribution in [0.15, 0.2) is 29.2 Å². The first-order valence-electron chi connectivity index (χ1n) is 6.40. The van der Waals surface area contributed by atoms with Crippen molar-refractivity contribution in [2.24, 2.45) is 5.41 Å². The van der Waals surface area contributed by atoms with E-state index in [0.717, 1.165) is 18.6 Å². The second-order valence-electron chi connectivity index (χ2n) is 4.90. The van der Waals surface area contributed by atoms with Crippen LogP contribution in [0.2, 0.25) is 0 Å². The van der Waals surface area contributed by atoms with Crippen molar-refractivity contribution in [1.82, 2.24) is 0 Å². The van der Waals surface area contributed by atoms with Crippen molar-refractivity contribution >= 4 is 22.5 Å². The van der Waals surface area contributed by atoms with Crippen molar-refractivity contribution < 1.29 is 13.2 Å². The van der Waals surface area contributed by atoms with Crippen LogP contribution in [0, 0.1) is 5.41 Å². The molecule has 0 saturated carbocycles. The Labute approximate surface area is 121 Å². The molecule has 0 aliphatic rings. The van der Waals surface area contributed by atoms with E-state index in [9.17, 15) is 8.42 Å². The predicted molar refractivity (Wildman–Crippen MR) is 81.9 cm³/mol. The lowest BCUT2D eigenvalue weighted by atomic mass is 9.85. The Hall–Kier alpha value is -0.680. The molecule has 5 heteroatoms. The smallest absolute Gasteiger partial charge is 0.175 e. The second kappa shape index (κ2) is 6.66. The van der Waals surface area contributed by atoms with Crippen LogP contribution < -0.4 is 4.74 Å². The minimum atomic E-state index is -3.19. The fourth-order valence-electron chi connectivity index (χ4n) is 1.75. The fraction of sp³-hybridized carbons (Fsp3) is 0.571. The standard InChI is InChI=1S/C14H22O3S2/c1-4-14(5-2,11-18)10-17-12-7-6-8-13(9-12)19(3,15)16/h6-9,18H,4-5,10-11H2,1-3H3. The summed E-state index contributed by atoms with van der Waals surface area (Å²) in [5, 5.41) is 0. The number of hydrogen-bond donors (Lipinski definition) is 1. The van der Waals surface area contributed by atoms with Gasteiger partial charge in [-0.2, -0.15) is 12.6 Å². The first-order chi connectivity index (χ1) is 8.87. The van der Waals surface area contributed by atoms with Crippen molar-refractivity contribution in [3.05, 3.63) is 24.3 Å².